The molecule has 0 bridgehead atoms. The van der Waals surface area contributed by atoms with Gasteiger partial charge in [0.1, 0.15) is 23.9 Å². The largest absolute Gasteiger partial charge is 0.497 e. The maximum absolute atomic E-state index is 13.8. The van der Waals surface area contributed by atoms with E-state index >= 15 is 0 Å². The molecule has 1 atom stereocenters. The maximum Gasteiger partial charge on any atom is 0.264 e. The minimum absolute atomic E-state index is 0.0957. The normalized spacial score (nSPS) is 15.2. The molecule has 9 heteroatoms. The minimum atomic E-state index is -4.01. The van der Waals surface area contributed by atoms with Gasteiger partial charge in [0.2, 0.25) is 0 Å². The summed E-state index contributed by atoms with van der Waals surface area (Å²) >= 11 is 0. The molecule has 8 nitrogen and oxygen atoms in total. The topological polar surface area (TPSA) is 94.2 Å². The van der Waals surface area contributed by atoms with Crippen molar-refractivity contribution in [2.24, 2.45) is 0 Å². The standard InChI is InChI=1S/C30H36N2O6S/c1-20-8-7-9-26(21(20)2)37-17-16-31-29(33)28-19-32(39(34,35)24-13-11-23(36-6)12-14-24)25-18-22(30(3,4)5)10-15-27(25)38-28/h7-15,18,28H,16-17,19H2,1-6H3,(H,31,33)/t28-/m1/s1. The molecule has 0 spiro atoms. The number of hydrogen-bond acceptors (Lipinski definition) is 6. The number of nitrogens with one attached hydrogen (secondary N) is 1. The minimum Gasteiger partial charge on any atom is -0.497 e. The lowest BCUT2D eigenvalue weighted by Gasteiger charge is -2.36. The van der Waals surface area contributed by atoms with Gasteiger partial charge in [-0.15, -0.1) is 0 Å². The summed E-state index contributed by atoms with van der Waals surface area (Å²) in [4.78, 5) is 13.2. The van der Waals surface area contributed by atoms with E-state index in [0.29, 0.717) is 17.2 Å². The fraction of sp³-hybridized carbons (Fsp3) is 0.367. The molecule has 0 unspecified atom stereocenters. The van der Waals surface area contributed by atoms with Gasteiger partial charge in [-0.2, -0.15) is 0 Å². The average Bonchev–Trinajstić information content (AvgIpc) is 2.91. The molecule has 0 fully saturated rings. The molecule has 208 valence electrons. The van der Waals surface area contributed by atoms with Gasteiger partial charge in [-0.3, -0.25) is 9.10 Å². The molecular formula is C30H36N2O6S. The lowest BCUT2D eigenvalue weighted by molar-refractivity contribution is -0.127. The zero-order chi connectivity index (χ0) is 28.4. The van der Waals surface area contributed by atoms with E-state index in [1.54, 1.807) is 18.2 Å². The van der Waals surface area contributed by atoms with E-state index in [-0.39, 0.29) is 30.0 Å². The summed E-state index contributed by atoms with van der Waals surface area (Å²) in [6.07, 6.45) is -1.04. The number of aryl methyl sites for hydroxylation is 1. The highest BCUT2D eigenvalue weighted by Gasteiger charge is 2.38. The van der Waals surface area contributed by atoms with Gasteiger partial charge >= 0.3 is 0 Å². The Labute approximate surface area is 230 Å². The highest BCUT2D eigenvalue weighted by Crippen LogP contribution is 2.40. The molecule has 0 radical (unpaired) electrons. The van der Waals surface area contributed by atoms with E-state index in [9.17, 15) is 13.2 Å². The number of nitrogens with zero attached hydrogens (tertiary/aromatic N) is 1. The molecule has 4 rings (SSSR count). The lowest BCUT2D eigenvalue weighted by Crippen LogP contribution is -2.51. The molecule has 1 aliphatic rings. The molecule has 3 aromatic rings. The van der Waals surface area contributed by atoms with E-state index in [1.807, 2.05) is 44.2 Å². The van der Waals surface area contributed by atoms with Crippen molar-refractivity contribution >= 4 is 21.6 Å². The third-order valence-electron chi connectivity index (χ3n) is 6.85. The summed E-state index contributed by atoms with van der Waals surface area (Å²) in [6.45, 7) is 10.5. The van der Waals surface area contributed by atoms with Crippen LogP contribution in [0, 0.1) is 13.8 Å². The maximum atomic E-state index is 13.8. The van der Waals surface area contributed by atoms with E-state index in [1.165, 1.54) is 23.5 Å². The second-order valence-corrected chi connectivity index (χ2v) is 12.5. The van der Waals surface area contributed by atoms with Crippen LogP contribution in [0.1, 0.15) is 37.5 Å². The number of carbonyl (C=O) groups excluding carboxylic acids is 1. The summed E-state index contributed by atoms with van der Waals surface area (Å²) in [6, 6.07) is 17.5. The second-order valence-electron chi connectivity index (χ2n) is 10.6. The summed E-state index contributed by atoms with van der Waals surface area (Å²) in [5.41, 5.74) is 3.31. The van der Waals surface area contributed by atoms with Crippen LogP contribution in [0.4, 0.5) is 5.69 Å². The number of methoxy groups -OCH3 is 1. The monoisotopic (exact) mass is 552 g/mol. The number of benzene rings is 3. The van der Waals surface area contributed by atoms with Gasteiger partial charge in [-0.1, -0.05) is 39.0 Å². The van der Waals surface area contributed by atoms with Crippen molar-refractivity contribution in [1.29, 1.82) is 0 Å². The molecule has 1 heterocycles. The fourth-order valence-electron chi connectivity index (χ4n) is 4.29. The van der Waals surface area contributed by atoms with Gasteiger partial charge in [0.15, 0.2) is 6.10 Å². The van der Waals surface area contributed by atoms with Crippen molar-refractivity contribution in [3.8, 4) is 17.2 Å². The van der Waals surface area contributed by atoms with Crippen LogP contribution in [0.15, 0.2) is 65.6 Å². The quantitative estimate of drug-likeness (QED) is 0.405. The zero-order valence-corrected chi connectivity index (χ0v) is 24.1. The number of ether oxygens (including phenoxy) is 3. The van der Waals surface area contributed by atoms with Crippen molar-refractivity contribution in [3.63, 3.8) is 0 Å². The summed E-state index contributed by atoms with van der Waals surface area (Å²) in [5, 5.41) is 2.82. The third-order valence-corrected chi connectivity index (χ3v) is 8.64. The number of anilines is 1. The molecule has 0 saturated heterocycles. The van der Waals surface area contributed by atoms with Crippen LogP contribution in [0.25, 0.3) is 0 Å². The molecule has 1 amide bonds. The summed E-state index contributed by atoms with van der Waals surface area (Å²) < 4.78 is 46.0. The predicted octanol–water partition coefficient (Wildman–Crippen LogP) is 4.76. The molecule has 1 aliphatic heterocycles. The molecule has 1 N–H and O–H groups in total. The van der Waals surface area contributed by atoms with E-state index < -0.39 is 22.0 Å². The van der Waals surface area contributed by atoms with Gasteiger partial charge < -0.3 is 19.5 Å². The zero-order valence-electron chi connectivity index (χ0n) is 23.3. The van der Waals surface area contributed by atoms with Crippen LogP contribution in [-0.4, -0.2) is 47.2 Å². The van der Waals surface area contributed by atoms with Crippen molar-refractivity contribution in [3.05, 3.63) is 77.4 Å². The molecule has 0 aromatic heterocycles. The fourth-order valence-corrected chi connectivity index (χ4v) is 5.75. The van der Waals surface area contributed by atoms with E-state index in [0.717, 1.165) is 22.4 Å². The van der Waals surface area contributed by atoms with Crippen LogP contribution in [0.2, 0.25) is 0 Å². The number of carbonyl (C=O) groups is 1. The molecule has 3 aromatic carbocycles. The van der Waals surface area contributed by atoms with Crippen molar-refractivity contribution in [2.75, 3.05) is 31.1 Å². The van der Waals surface area contributed by atoms with Crippen molar-refractivity contribution in [2.45, 2.75) is 51.0 Å². The second kappa shape index (κ2) is 11.2. The van der Waals surface area contributed by atoms with Gasteiger partial charge in [-0.05, 0) is 78.4 Å². The van der Waals surface area contributed by atoms with Gasteiger partial charge in [-0.25, -0.2) is 8.42 Å². The van der Waals surface area contributed by atoms with Crippen molar-refractivity contribution in [1.82, 2.24) is 5.32 Å². The average molecular weight is 553 g/mol. The summed E-state index contributed by atoms with van der Waals surface area (Å²) in [7, 11) is -2.49. The number of rotatable bonds is 8. The molecule has 0 aliphatic carbocycles. The number of fused-ring (bicyclic) bond motifs is 1. The van der Waals surface area contributed by atoms with Crippen LogP contribution in [0.5, 0.6) is 17.2 Å². The SMILES string of the molecule is COc1ccc(S(=O)(=O)N2C[C@H](C(=O)NCCOc3cccc(C)c3C)Oc3ccc(C(C)(C)C)cc32)cc1. The Bertz CT molecular complexity index is 1450. The van der Waals surface area contributed by atoms with Gasteiger partial charge in [0.25, 0.3) is 15.9 Å². The smallest absolute Gasteiger partial charge is 0.264 e. The van der Waals surface area contributed by atoms with Crippen LogP contribution in [-0.2, 0) is 20.2 Å². The molecule has 39 heavy (non-hydrogen) atoms. The lowest BCUT2D eigenvalue weighted by atomic mass is 9.86. The van der Waals surface area contributed by atoms with Gasteiger partial charge in [0, 0.05) is 0 Å². The number of amides is 1. The number of sulfonamides is 1. The Morgan fingerprint density at radius 3 is 2.46 bits per heavy atom. The first-order chi connectivity index (χ1) is 18.4. The first kappa shape index (κ1) is 28.3. The predicted molar refractivity (Wildman–Crippen MR) is 152 cm³/mol. The Morgan fingerprint density at radius 1 is 1.08 bits per heavy atom. The molecule has 0 saturated carbocycles. The van der Waals surface area contributed by atoms with E-state index in [2.05, 4.69) is 26.1 Å². The van der Waals surface area contributed by atoms with Crippen LogP contribution in [0.3, 0.4) is 0 Å². The van der Waals surface area contributed by atoms with Gasteiger partial charge in [0.05, 0.1) is 30.8 Å². The Balaban J connectivity index is 1.56. The highest BCUT2D eigenvalue weighted by molar-refractivity contribution is 7.92. The Morgan fingerprint density at radius 2 is 1.79 bits per heavy atom. The highest BCUT2D eigenvalue weighted by atomic mass is 32.2. The Hall–Kier alpha value is -3.72. The number of hydrogen-bond donors (Lipinski definition) is 1. The third kappa shape index (κ3) is 6.14. The first-order valence-corrected chi connectivity index (χ1v) is 14.3. The molecular weight excluding hydrogens is 516 g/mol. The van der Waals surface area contributed by atoms with Crippen LogP contribution >= 0.6 is 0 Å². The van der Waals surface area contributed by atoms with Crippen LogP contribution < -0.4 is 23.8 Å². The van der Waals surface area contributed by atoms with Crippen molar-refractivity contribution < 1.29 is 27.4 Å². The summed E-state index contributed by atoms with van der Waals surface area (Å²) in [5.74, 6) is 1.23. The van der Waals surface area contributed by atoms with E-state index in [4.69, 9.17) is 14.2 Å². The Kier molecular flexibility index (Phi) is 8.11. The first-order valence-electron chi connectivity index (χ1n) is 12.9.